The van der Waals surface area contributed by atoms with E-state index in [1.54, 1.807) is 11.3 Å². The summed E-state index contributed by atoms with van der Waals surface area (Å²) in [6, 6.07) is 7.73. The van der Waals surface area contributed by atoms with Crippen LogP contribution in [0.25, 0.3) is 0 Å². The van der Waals surface area contributed by atoms with E-state index >= 15 is 0 Å². The predicted molar refractivity (Wildman–Crippen MR) is 99.1 cm³/mol. The molecule has 1 atom stereocenters. The summed E-state index contributed by atoms with van der Waals surface area (Å²) in [4.78, 5) is 20.7. The number of benzene rings is 1. The zero-order valence-electron chi connectivity index (χ0n) is 14.2. The van der Waals surface area contributed by atoms with Gasteiger partial charge in [0.15, 0.2) is 5.13 Å². The number of fused-ring (bicyclic) bond motifs is 1. The number of carbonyl (C=O) groups is 1. The number of nitrogens with one attached hydrogen (secondary N) is 1. The molecule has 0 spiro atoms. The lowest BCUT2D eigenvalue weighted by Gasteiger charge is -2.15. The van der Waals surface area contributed by atoms with Gasteiger partial charge in [-0.25, -0.2) is 4.98 Å². The number of hydrogen-bond donors (Lipinski definition) is 2. The molecule has 0 radical (unpaired) electrons. The van der Waals surface area contributed by atoms with Crippen molar-refractivity contribution in [3.05, 3.63) is 46.0 Å². The predicted octanol–water partition coefficient (Wildman–Crippen LogP) is 2.84. The van der Waals surface area contributed by atoms with Gasteiger partial charge in [0.25, 0.3) is 5.91 Å². The Kier molecular flexibility index (Phi) is 4.83. The summed E-state index contributed by atoms with van der Waals surface area (Å²) >= 11 is 1.61. The topological polar surface area (TPSA) is 65.5 Å². The second-order valence-electron chi connectivity index (χ2n) is 6.93. The van der Waals surface area contributed by atoms with E-state index in [0.29, 0.717) is 17.2 Å². The lowest BCUT2D eigenvalue weighted by atomic mass is 10.0. The molecule has 2 aromatic rings. The average molecular weight is 357 g/mol. The highest BCUT2D eigenvalue weighted by Crippen LogP contribution is 2.29. The Hall–Kier alpha value is -1.76. The second kappa shape index (κ2) is 7.23. The summed E-state index contributed by atoms with van der Waals surface area (Å²) in [5.74, 6) is -0.102. The van der Waals surface area contributed by atoms with E-state index in [0.717, 1.165) is 43.6 Å². The fraction of sp³-hybridized carbons (Fsp3) is 0.474. The number of β-amino-alcohol motifs (C(OH)–C–C–N with tert-alkyl or cyclic N) is 1. The van der Waals surface area contributed by atoms with Crippen LogP contribution in [0.2, 0.25) is 0 Å². The normalized spacial score (nSPS) is 20.4. The van der Waals surface area contributed by atoms with Crippen molar-refractivity contribution in [1.82, 2.24) is 9.88 Å². The SMILES string of the molecule is O=C(Nc1nc2c(s1)CCCC2)c1cccc(CN2CC[C@H](O)C2)c1. The number of hydrogen-bond acceptors (Lipinski definition) is 5. The molecule has 0 saturated carbocycles. The van der Waals surface area contributed by atoms with Gasteiger partial charge in [0.2, 0.25) is 0 Å². The standard InChI is InChI=1S/C19H23N3O2S/c23-15-8-9-22(12-15)11-13-4-3-5-14(10-13)18(24)21-19-20-16-6-1-2-7-17(16)25-19/h3-5,10,15,23H,1-2,6-9,11-12H2,(H,20,21,24)/t15-/m0/s1. The number of thiazole rings is 1. The highest BCUT2D eigenvalue weighted by Gasteiger charge is 2.20. The molecule has 2 heterocycles. The van der Waals surface area contributed by atoms with Crippen LogP contribution in [-0.4, -0.2) is 40.1 Å². The van der Waals surface area contributed by atoms with Crippen LogP contribution in [0.5, 0.6) is 0 Å². The number of likely N-dealkylation sites (tertiary alicyclic amines) is 1. The van der Waals surface area contributed by atoms with Gasteiger partial charge >= 0.3 is 0 Å². The summed E-state index contributed by atoms with van der Waals surface area (Å²) < 4.78 is 0. The van der Waals surface area contributed by atoms with Gasteiger partial charge in [-0.15, -0.1) is 11.3 Å². The minimum Gasteiger partial charge on any atom is -0.392 e. The zero-order chi connectivity index (χ0) is 17.2. The van der Waals surface area contributed by atoms with E-state index in [-0.39, 0.29) is 12.0 Å². The first-order chi connectivity index (χ1) is 12.2. The highest BCUT2D eigenvalue weighted by atomic mass is 32.1. The lowest BCUT2D eigenvalue weighted by molar-refractivity contribution is 0.102. The van der Waals surface area contributed by atoms with Crippen molar-refractivity contribution in [2.45, 2.75) is 44.8 Å². The van der Waals surface area contributed by atoms with Gasteiger partial charge in [0, 0.05) is 30.1 Å². The third kappa shape index (κ3) is 3.92. The van der Waals surface area contributed by atoms with Crippen molar-refractivity contribution in [3.63, 3.8) is 0 Å². The fourth-order valence-corrected chi connectivity index (χ4v) is 4.64. The van der Waals surface area contributed by atoms with E-state index in [2.05, 4.69) is 15.2 Å². The van der Waals surface area contributed by atoms with Crippen molar-refractivity contribution in [1.29, 1.82) is 0 Å². The van der Waals surface area contributed by atoms with Crippen LogP contribution < -0.4 is 5.32 Å². The van der Waals surface area contributed by atoms with Crippen LogP contribution in [-0.2, 0) is 19.4 Å². The molecule has 0 unspecified atom stereocenters. The number of aliphatic hydroxyl groups is 1. The van der Waals surface area contributed by atoms with Gasteiger partial charge in [0.1, 0.15) is 0 Å². The number of aromatic nitrogens is 1. The minimum atomic E-state index is -0.220. The number of aliphatic hydroxyl groups excluding tert-OH is 1. The molecule has 132 valence electrons. The smallest absolute Gasteiger partial charge is 0.257 e. The maximum absolute atomic E-state index is 12.6. The molecule has 1 aliphatic carbocycles. The van der Waals surface area contributed by atoms with Crippen LogP contribution in [0.1, 0.15) is 45.8 Å². The molecule has 5 nitrogen and oxygen atoms in total. The van der Waals surface area contributed by atoms with Crippen molar-refractivity contribution >= 4 is 22.4 Å². The number of carbonyl (C=O) groups excluding carboxylic acids is 1. The van der Waals surface area contributed by atoms with Crippen LogP contribution >= 0.6 is 11.3 Å². The molecular weight excluding hydrogens is 334 g/mol. The molecule has 0 bridgehead atoms. The molecule has 6 heteroatoms. The van der Waals surface area contributed by atoms with E-state index in [1.165, 1.54) is 17.7 Å². The van der Waals surface area contributed by atoms with E-state index in [9.17, 15) is 9.90 Å². The molecule has 1 amide bonds. The van der Waals surface area contributed by atoms with Crippen molar-refractivity contribution < 1.29 is 9.90 Å². The van der Waals surface area contributed by atoms with Gasteiger partial charge in [0.05, 0.1) is 11.8 Å². The Balaban J connectivity index is 1.43. The number of nitrogens with zero attached hydrogens (tertiary/aromatic N) is 2. The number of amides is 1. The molecule has 1 saturated heterocycles. The lowest BCUT2D eigenvalue weighted by Crippen LogP contribution is -2.21. The molecule has 4 rings (SSSR count). The summed E-state index contributed by atoms with van der Waals surface area (Å²) in [5.41, 5.74) is 2.92. The first-order valence-corrected chi connectivity index (χ1v) is 9.78. The maximum atomic E-state index is 12.6. The molecule has 1 aromatic carbocycles. The fourth-order valence-electron chi connectivity index (χ4n) is 3.60. The highest BCUT2D eigenvalue weighted by molar-refractivity contribution is 7.15. The number of aryl methyl sites for hydroxylation is 2. The Morgan fingerprint density at radius 3 is 3.04 bits per heavy atom. The summed E-state index contributed by atoms with van der Waals surface area (Å²) in [7, 11) is 0. The first kappa shape index (κ1) is 16.7. The van der Waals surface area contributed by atoms with Gasteiger partial charge in [-0.1, -0.05) is 12.1 Å². The minimum absolute atomic E-state index is 0.102. The van der Waals surface area contributed by atoms with E-state index < -0.39 is 0 Å². The van der Waals surface area contributed by atoms with Gasteiger partial charge in [-0.05, 0) is 49.8 Å². The quantitative estimate of drug-likeness (QED) is 0.883. The van der Waals surface area contributed by atoms with Crippen LogP contribution in [0.3, 0.4) is 0 Å². The molecule has 1 fully saturated rings. The second-order valence-corrected chi connectivity index (χ2v) is 8.01. The third-order valence-electron chi connectivity index (χ3n) is 4.91. The van der Waals surface area contributed by atoms with Crippen LogP contribution in [0.15, 0.2) is 24.3 Å². The maximum Gasteiger partial charge on any atom is 0.257 e. The van der Waals surface area contributed by atoms with Gasteiger partial charge < -0.3 is 5.11 Å². The Labute approximate surface area is 151 Å². The zero-order valence-corrected chi connectivity index (χ0v) is 15.0. The van der Waals surface area contributed by atoms with Crippen molar-refractivity contribution in [2.75, 3.05) is 18.4 Å². The summed E-state index contributed by atoms with van der Waals surface area (Å²) in [6.07, 6.45) is 5.13. The van der Waals surface area contributed by atoms with E-state index in [4.69, 9.17) is 0 Å². The van der Waals surface area contributed by atoms with Gasteiger partial charge in [-0.3, -0.25) is 15.0 Å². The molecule has 2 N–H and O–H groups in total. The molecule has 1 aliphatic heterocycles. The van der Waals surface area contributed by atoms with Crippen LogP contribution in [0, 0.1) is 0 Å². The monoisotopic (exact) mass is 357 g/mol. The molecule has 1 aromatic heterocycles. The Morgan fingerprint density at radius 2 is 2.24 bits per heavy atom. The summed E-state index contributed by atoms with van der Waals surface area (Å²) in [6.45, 7) is 2.38. The Morgan fingerprint density at radius 1 is 1.36 bits per heavy atom. The number of anilines is 1. The largest absolute Gasteiger partial charge is 0.392 e. The Bertz CT molecular complexity index is 750. The molecule has 2 aliphatic rings. The third-order valence-corrected chi connectivity index (χ3v) is 5.98. The van der Waals surface area contributed by atoms with Gasteiger partial charge in [-0.2, -0.15) is 0 Å². The molecule has 25 heavy (non-hydrogen) atoms. The summed E-state index contributed by atoms with van der Waals surface area (Å²) in [5, 5.41) is 13.3. The van der Waals surface area contributed by atoms with Crippen LogP contribution in [0.4, 0.5) is 5.13 Å². The number of rotatable bonds is 4. The van der Waals surface area contributed by atoms with Crippen molar-refractivity contribution in [3.8, 4) is 0 Å². The first-order valence-electron chi connectivity index (χ1n) is 8.96. The van der Waals surface area contributed by atoms with Crippen molar-refractivity contribution in [2.24, 2.45) is 0 Å². The average Bonchev–Trinajstić information content (AvgIpc) is 3.20. The molecular formula is C19H23N3O2S. The van der Waals surface area contributed by atoms with E-state index in [1.807, 2.05) is 24.3 Å².